The number of carbonyl (C=O) groups is 2. The van der Waals surface area contributed by atoms with Gasteiger partial charge in [0.05, 0.1) is 5.92 Å². The number of hydrogen-bond donors (Lipinski definition) is 1. The van der Waals surface area contributed by atoms with Gasteiger partial charge in [-0.3, -0.25) is 9.59 Å². The number of rotatable bonds is 3. The summed E-state index contributed by atoms with van der Waals surface area (Å²) in [7, 11) is 0. The van der Waals surface area contributed by atoms with E-state index in [1.807, 2.05) is 73.7 Å². The van der Waals surface area contributed by atoms with E-state index < -0.39 is 0 Å². The maximum Gasteiger partial charge on any atom is 0.229 e. The third-order valence-corrected chi connectivity index (χ3v) is 4.89. The lowest BCUT2D eigenvalue weighted by Gasteiger charge is -2.17. The highest BCUT2D eigenvalue weighted by molar-refractivity contribution is 6.07. The van der Waals surface area contributed by atoms with Crippen molar-refractivity contribution in [3.05, 3.63) is 72.3 Å². The van der Waals surface area contributed by atoms with Crippen molar-refractivity contribution >= 4 is 34.0 Å². The Labute approximate surface area is 152 Å². The molecule has 26 heavy (non-hydrogen) atoms. The lowest BCUT2D eigenvalue weighted by molar-refractivity contribution is -0.122. The van der Waals surface area contributed by atoms with Crippen molar-refractivity contribution in [2.75, 3.05) is 16.8 Å². The Hall–Kier alpha value is -3.14. The van der Waals surface area contributed by atoms with Crippen molar-refractivity contribution in [1.82, 2.24) is 0 Å². The van der Waals surface area contributed by atoms with E-state index in [1.165, 1.54) is 0 Å². The van der Waals surface area contributed by atoms with Crippen molar-refractivity contribution < 1.29 is 9.59 Å². The van der Waals surface area contributed by atoms with Crippen LogP contribution in [0.5, 0.6) is 0 Å². The molecule has 4 rings (SSSR count). The van der Waals surface area contributed by atoms with Gasteiger partial charge >= 0.3 is 0 Å². The van der Waals surface area contributed by atoms with E-state index in [-0.39, 0.29) is 24.2 Å². The van der Waals surface area contributed by atoms with Crippen molar-refractivity contribution in [1.29, 1.82) is 0 Å². The molecule has 0 bridgehead atoms. The predicted octanol–water partition coefficient (Wildman–Crippen LogP) is 4.14. The molecule has 0 spiro atoms. The first-order valence-electron chi connectivity index (χ1n) is 8.77. The molecule has 0 aliphatic carbocycles. The summed E-state index contributed by atoms with van der Waals surface area (Å²) in [6.07, 6.45) is 0.241. The first-order valence-corrected chi connectivity index (χ1v) is 8.77. The fraction of sp³-hybridized carbons (Fsp3) is 0.182. The zero-order valence-electron chi connectivity index (χ0n) is 14.6. The zero-order chi connectivity index (χ0) is 18.1. The minimum Gasteiger partial charge on any atom is -0.325 e. The summed E-state index contributed by atoms with van der Waals surface area (Å²) in [5, 5.41) is 5.09. The van der Waals surface area contributed by atoms with Crippen LogP contribution in [0.4, 0.5) is 11.4 Å². The summed E-state index contributed by atoms with van der Waals surface area (Å²) < 4.78 is 0. The molecule has 1 saturated heterocycles. The minimum absolute atomic E-state index is 0.00748. The fourth-order valence-corrected chi connectivity index (χ4v) is 3.43. The molecule has 0 saturated carbocycles. The van der Waals surface area contributed by atoms with E-state index >= 15 is 0 Å². The molecule has 3 aromatic carbocycles. The Morgan fingerprint density at radius 3 is 2.54 bits per heavy atom. The summed E-state index contributed by atoms with van der Waals surface area (Å²) in [5.74, 6) is -0.459. The Bertz CT molecular complexity index is 974. The number of amides is 2. The predicted molar refractivity (Wildman–Crippen MR) is 104 cm³/mol. The standard InChI is InChI=1S/C22H20N2O2/c1-15-9-11-18(12-10-15)24-14-17(13-21(24)25)22(26)23-20-8-4-6-16-5-2-3-7-19(16)20/h2-12,17H,13-14H2,1H3,(H,23,26)/t17-/m1/s1. The van der Waals surface area contributed by atoms with Gasteiger partial charge in [-0.1, -0.05) is 54.1 Å². The maximum atomic E-state index is 12.7. The number of benzene rings is 3. The van der Waals surface area contributed by atoms with Gasteiger partial charge in [-0.2, -0.15) is 0 Å². The third-order valence-electron chi connectivity index (χ3n) is 4.89. The van der Waals surface area contributed by atoms with Crippen LogP contribution in [0.25, 0.3) is 10.8 Å². The normalized spacial score (nSPS) is 16.9. The van der Waals surface area contributed by atoms with Crippen LogP contribution in [0.1, 0.15) is 12.0 Å². The van der Waals surface area contributed by atoms with Gasteiger partial charge in [0, 0.05) is 29.7 Å². The van der Waals surface area contributed by atoms with Gasteiger partial charge in [0.2, 0.25) is 11.8 Å². The second-order valence-corrected chi connectivity index (χ2v) is 6.76. The molecule has 4 nitrogen and oxygen atoms in total. The summed E-state index contributed by atoms with van der Waals surface area (Å²) in [4.78, 5) is 26.8. The third kappa shape index (κ3) is 3.06. The van der Waals surface area contributed by atoms with Gasteiger partial charge in [0.15, 0.2) is 0 Å². The molecular weight excluding hydrogens is 324 g/mol. The molecule has 1 heterocycles. The number of nitrogens with one attached hydrogen (secondary N) is 1. The molecule has 0 unspecified atom stereocenters. The fourth-order valence-electron chi connectivity index (χ4n) is 3.43. The van der Waals surface area contributed by atoms with Gasteiger partial charge in [0.1, 0.15) is 0 Å². The van der Waals surface area contributed by atoms with Crippen LogP contribution in [0.15, 0.2) is 66.7 Å². The SMILES string of the molecule is Cc1ccc(N2C[C@H](C(=O)Nc3cccc4ccccc34)CC2=O)cc1. The Kier molecular flexibility index (Phi) is 4.17. The number of hydrogen-bond acceptors (Lipinski definition) is 2. The van der Waals surface area contributed by atoms with Crippen LogP contribution < -0.4 is 10.2 Å². The molecule has 0 aromatic heterocycles. The average molecular weight is 344 g/mol. The monoisotopic (exact) mass is 344 g/mol. The Balaban J connectivity index is 1.52. The van der Waals surface area contributed by atoms with Gasteiger partial charge in [-0.25, -0.2) is 0 Å². The molecule has 1 fully saturated rings. The van der Waals surface area contributed by atoms with Crippen LogP contribution in [0.2, 0.25) is 0 Å². The second-order valence-electron chi connectivity index (χ2n) is 6.76. The quantitative estimate of drug-likeness (QED) is 0.776. The second kappa shape index (κ2) is 6.64. The largest absolute Gasteiger partial charge is 0.325 e. The molecule has 2 amide bonds. The van der Waals surface area contributed by atoms with Crippen LogP contribution >= 0.6 is 0 Å². The van der Waals surface area contributed by atoms with Gasteiger partial charge in [-0.05, 0) is 30.5 Å². The van der Waals surface area contributed by atoms with Crippen LogP contribution in [-0.4, -0.2) is 18.4 Å². The van der Waals surface area contributed by atoms with Crippen molar-refractivity contribution in [2.24, 2.45) is 5.92 Å². The highest BCUT2D eigenvalue weighted by Crippen LogP contribution is 2.28. The molecular formula is C22H20N2O2. The highest BCUT2D eigenvalue weighted by atomic mass is 16.2. The number of anilines is 2. The molecule has 0 radical (unpaired) electrons. The summed E-state index contributed by atoms with van der Waals surface area (Å²) in [6.45, 7) is 2.43. The summed E-state index contributed by atoms with van der Waals surface area (Å²) >= 11 is 0. The van der Waals surface area contributed by atoms with Gasteiger partial charge in [-0.15, -0.1) is 0 Å². The lowest BCUT2D eigenvalue weighted by Crippen LogP contribution is -2.28. The number of nitrogens with zero attached hydrogens (tertiary/aromatic N) is 1. The Morgan fingerprint density at radius 2 is 1.73 bits per heavy atom. The van der Waals surface area contributed by atoms with E-state index in [0.717, 1.165) is 27.7 Å². The maximum absolute atomic E-state index is 12.7. The number of fused-ring (bicyclic) bond motifs is 1. The minimum atomic E-state index is -0.345. The van der Waals surface area contributed by atoms with E-state index in [4.69, 9.17) is 0 Å². The van der Waals surface area contributed by atoms with E-state index in [0.29, 0.717) is 6.54 Å². The van der Waals surface area contributed by atoms with E-state index in [9.17, 15) is 9.59 Å². The number of carbonyl (C=O) groups excluding carboxylic acids is 2. The first-order chi connectivity index (χ1) is 12.6. The van der Waals surface area contributed by atoms with Gasteiger partial charge < -0.3 is 10.2 Å². The smallest absolute Gasteiger partial charge is 0.229 e. The number of aryl methyl sites for hydroxylation is 1. The van der Waals surface area contributed by atoms with Crippen molar-refractivity contribution in [3.63, 3.8) is 0 Å². The molecule has 3 aromatic rings. The molecule has 1 aliphatic heterocycles. The average Bonchev–Trinajstić information content (AvgIpc) is 3.05. The zero-order valence-corrected chi connectivity index (χ0v) is 14.6. The molecule has 1 aliphatic rings. The summed E-state index contributed by atoms with van der Waals surface area (Å²) in [6, 6.07) is 21.6. The van der Waals surface area contributed by atoms with E-state index in [2.05, 4.69) is 5.32 Å². The van der Waals surface area contributed by atoms with Crippen LogP contribution in [0.3, 0.4) is 0 Å². The van der Waals surface area contributed by atoms with Crippen LogP contribution in [0, 0.1) is 12.8 Å². The first kappa shape index (κ1) is 16.3. The van der Waals surface area contributed by atoms with Gasteiger partial charge in [0.25, 0.3) is 0 Å². The highest BCUT2D eigenvalue weighted by Gasteiger charge is 2.35. The molecule has 4 heteroatoms. The van der Waals surface area contributed by atoms with Crippen LogP contribution in [-0.2, 0) is 9.59 Å². The Morgan fingerprint density at radius 1 is 1.00 bits per heavy atom. The van der Waals surface area contributed by atoms with Crippen molar-refractivity contribution in [3.8, 4) is 0 Å². The molecule has 130 valence electrons. The molecule has 1 N–H and O–H groups in total. The lowest BCUT2D eigenvalue weighted by atomic mass is 10.1. The topological polar surface area (TPSA) is 49.4 Å². The van der Waals surface area contributed by atoms with Crippen molar-refractivity contribution in [2.45, 2.75) is 13.3 Å². The van der Waals surface area contributed by atoms with E-state index in [1.54, 1.807) is 4.90 Å². The summed E-state index contributed by atoms with van der Waals surface area (Å²) in [5.41, 5.74) is 2.78. The molecule has 1 atom stereocenters.